The Labute approximate surface area is 123 Å². The van der Waals surface area contributed by atoms with Gasteiger partial charge in [-0.05, 0) is 12.1 Å². The van der Waals surface area contributed by atoms with E-state index in [0.29, 0.717) is 30.4 Å². The molecular weight excluding hydrogens is 272 g/mol. The van der Waals surface area contributed by atoms with Crippen LogP contribution in [-0.4, -0.2) is 16.5 Å². The lowest BCUT2D eigenvalue weighted by atomic mass is 10.2. The van der Waals surface area contributed by atoms with E-state index in [1.807, 2.05) is 42.2 Å². The number of halogens is 1. The van der Waals surface area contributed by atoms with Crippen LogP contribution in [0, 0.1) is 11.3 Å². The summed E-state index contributed by atoms with van der Waals surface area (Å²) >= 11 is 6.05. The van der Waals surface area contributed by atoms with Gasteiger partial charge in [-0.2, -0.15) is 5.26 Å². The maximum absolute atomic E-state index is 8.83. The number of rotatable bonds is 5. The summed E-state index contributed by atoms with van der Waals surface area (Å²) in [5.74, 6) is 1.42. The predicted octanol–water partition coefficient (Wildman–Crippen LogP) is 3.74. The summed E-state index contributed by atoms with van der Waals surface area (Å²) in [6.45, 7) is 2.55. The van der Waals surface area contributed by atoms with E-state index in [2.05, 4.69) is 16.0 Å². The molecule has 0 aliphatic heterocycles. The highest BCUT2D eigenvalue weighted by molar-refractivity contribution is 6.29. The summed E-state index contributed by atoms with van der Waals surface area (Å²) in [5, 5.41) is 9.25. The van der Waals surface area contributed by atoms with Gasteiger partial charge >= 0.3 is 0 Å². The molecule has 0 aliphatic carbocycles. The minimum Gasteiger partial charge on any atom is -0.325 e. The molecule has 0 aliphatic rings. The lowest BCUT2D eigenvalue weighted by Gasteiger charge is -2.23. The maximum Gasteiger partial charge on any atom is 0.138 e. The molecule has 0 spiro atoms. The highest BCUT2D eigenvalue weighted by Gasteiger charge is 2.12. The van der Waals surface area contributed by atoms with Crippen molar-refractivity contribution in [2.75, 3.05) is 11.4 Å². The van der Waals surface area contributed by atoms with Gasteiger partial charge in [0.2, 0.25) is 0 Å². The van der Waals surface area contributed by atoms with Gasteiger partial charge in [-0.3, -0.25) is 0 Å². The molecule has 0 unspecified atom stereocenters. The van der Waals surface area contributed by atoms with Gasteiger partial charge in [0.05, 0.1) is 12.5 Å². The van der Waals surface area contributed by atoms with Gasteiger partial charge in [-0.25, -0.2) is 9.97 Å². The Morgan fingerprint density at radius 2 is 2.00 bits per heavy atom. The van der Waals surface area contributed by atoms with Gasteiger partial charge in [0.15, 0.2) is 0 Å². The van der Waals surface area contributed by atoms with Crippen molar-refractivity contribution in [2.24, 2.45) is 0 Å². The molecule has 1 heterocycles. The van der Waals surface area contributed by atoms with Crippen molar-refractivity contribution in [1.82, 2.24) is 9.97 Å². The molecular formula is C15H15ClN4. The van der Waals surface area contributed by atoms with E-state index in [1.54, 1.807) is 6.07 Å². The van der Waals surface area contributed by atoms with Crippen molar-refractivity contribution in [3.63, 3.8) is 0 Å². The zero-order valence-corrected chi connectivity index (χ0v) is 12.0. The number of para-hydroxylation sites is 1. The summed E-state index contributed by atoms with van der Waals surface area (Å²) < 4.78 is 0. The summed E-state index contributed by atoms with van der Waals surface area (Å²) in [7, 11) is 0. The Morgan fingerprint density at radius 3 is 2.65 bits per heavy atom. The van der Waals surface area contributed by atoms with Crippen LogP contribution in [0.25, 0.3) is 0 Å². The monoisotopic (exact) mass is 286 g/mol. The molecule has 1 aromatic heterocycles. The van der Waals surface area contributed by atoms with Crippen LogP contribution in [-0.2, 0) is 6.42 Å². The fraction of sp³-hybridized carbons (Fsp3) is 0.267. The second kappa shape index (κ2) is 6.88. The molecule has 2 aromatic rings. The second-order valence-corrected chi connectivity index (χ2v) is 4.60. The van der Waals surface area contributed by atoms with Gasteiger partial charge in [-0.15, -0.1) is 0 Å². The Hall–Kier alpha value is -2.12. The molecule has 0 fully saturated rings. The molecule has 20 heavy (non-hydrogen) atoms. The van der Waals surface area contributed by atoms with E-state index in [-0.39, 0.29) is 0 Å². The van der Waals surface area contributed by atoms with Crippen LogP contribution < -0.4 is 4.90 Å². The van der Waals surface area contributed by atoms with Crippen LogP contribution in [0.3, 0.4) is 0 Å². The van der Waals surface area contributed by atoms with Crippen molar-refractivity contribution >= 4 is 23.1 Å². The van der Waals surface area contributed by atoms with Gasteiger partial charge in [0.25, 0.3) is 0 Å². The Morgan fingerprint density at radius 1 is 1.25 bits per heavy atom. The number of nitriles is 1. The van der Waals surface area contributed by atoms with Crippen LogP contribution in [0.4, 0.5) is 11.5 Å². The first-order valence-corrected chi connectivity index (χ1v) is 6.85. The maximum atomic E-state index is 8.83. The van der Waals surface area contributed by atoms with Crippen molar-refractivity contribution in [1.29, 1.82) is 5.26 Å². The van der Waals surface area contributed by atoms with Gasteiger partial charge in [-0.1, -0.05) is 36.7 Å². The molecule has 0 radical (unpaired) electrons. The van der Waals surface area contributed by atoms with Crippen LogP contribution >= 0.6 is 11.6 Å². The van der Waals surface area contributed by atoms with E-state index in [0.717, 1.165) is 11.5 Å². The fourth-order valence-electron chi connectivity index (χ4n) is 1.89. The topological polar surface area (TPSA) is 52.8 Å². The van der Waals surface area contributed by atoms with Crippen molar-refractivity contribution in [3.8, 4) is 6.07 Å². The number of benzene rings is 1. The average molecular weight is 287 g/mol. The average Bonchev–Trinajstić information content (AvgIpc) is 2.48. The zero-order chi connectivity index (χ0) is 14.4. The van der Waals surface area contributed by atoms with Crippen molar-refractivity contribution in [2.45, 2.75) is 19.8 Å². The Balaban J connectivity index is 2.41. The third kappa shape index (κ3) is 3.46. The largest absolute Gasteiger partial charge is 0.325 e. The molecule has 0 bridgehead atoms. The zero-order valence-electron chi connectivity index (χ0n) is 11.3. The number of hydrogen-bond donors (Lipinski definition) is 0. The predicted molar refractivity (Wildman–Crippen MR) is 80.1 cm³/mol. The van der Waals surface area contributed by atoms with Crippen molar-refractivity contribution in [3.05, 3.63) is 47.4 Å². The third-order valence-corrected chi connectivity index (χ3v) is 3.03. The van der Waals surface area contributed by atoms with E-state index in [9.17, 15) is 0 Å². The minimum atomic E-state index is 0.415. The first kappa shape index (κ1) is 14.3. The Bertz CT molecular complexity index is 607. The molecule has 0 atom stereocenters. The van der Waals surface area contributed by atoms with Crippen LogP contribution in [0.15, 0.2) is 36.4 Å². The fourth-order valence-corrected chi connectivity index (χ4v) is 2.09. The van der Waals surface area contributed by atoms with Crippen molar-refractivity contribution < 1.29 is 0 Å². The van der Waals surface area contributed by atoms with E-state index in [1.165, 1.54) is 0 Å². The first-order chi connectivity index (χ1) is 9.74. The van der Waals surface area contributed by atoms with E-state index < -0.39 is 0 Å². The number of aromatic nitrogens is 2. The lowest BCUT2D eigenvalue weighted by molar-refractivity contribution is 0.881. The number of nitrogens with zero attached hydrogens (tertiary/aromatic N) is 4. The minimum absolute atomic E-state index is 0.415. The summed E-state index contributed by atoms with van der Waals surface area (Å²) in [5.41, 5.74) is 0.986. The quantitative estimate of drug-likeness (QED) is 0.786. The van der Waals surface area contributed by atoms with Crippen LogP contribution in [0.2, 0.25) is 5.15 Å². The van der Waals surface area contributed by atoms with E-state index >= 15 is 0 Å². The van der Waals surface area contributed by atoms with Crippen LogP contribution in [0.1, 0.15) is 19.2 Å². The molecule has 2 rings (SSSR count). The second-order valence-electron chi connectivity index (χ2n) is 4.21. The molecule has 0 saturated carbocycles. The Kier molecular flexibility index (Phi) is 4.91. The molecule has 1 aromatic carbocycles. The van der Waals surface area contributed by atoms with Crippen LogP contribution in [0.5, 0.6) is 0 Å². The van der Waals surface area contributed by atoms with E-state index in [4.69, 9.17) is 16.9 Å². The molecule has 0 saturated heterocycles. The van der Waals surface area contributed by atoms with Gasteiger partial charge < -0.3 is 4.90 Å². The molecule has 4 nitrogen and oxygen atoms in total. The van der Waals surface area contributed by atoms with Gasteiger partial charge in [0.1, 0.15) is 16.8 Å². The SMILES string of the molecule is CCc1nc(Cl)cc(N(CCC#N)c2ccccc2)n1. The summed E-state index contributed by atoms with van der Waals surface area (Å²) in [4.78, 5) is 10.7. The summed E-state index contributed by atoms with van der Waals surface area (Å²) in [6, 6.07) is 13.7. The third-order valence-electron chi connectivity index (χ3n) is 2.84. The first-order valence-electron chi connectivity index (χ1n) is 6.47. The van der Waals surface area contributed by atoms with Gasteiger partial charge in [0, 0.05) is 24.7 Å². The molecule has 5 heteroatoms. The smallest absolute Gasteiger partial charge is 0.138 e. The normalized spacial score (nSPS) is 10.1. The molecule has 0 amide bonds. The standard InChI is InChI=1S/C15H15ClN4/c1-2-14-18-13(16)11-15(19-14)20(10-6-9-17)12-7-4-3-5-8-12/h3-5,7-8,11H,2,6,10H2,1H3. The molecule has 102 valence electrons. The lowest BCUT2D eigenvalue weighted by Crippen LogP contribution is -2.20. The molecule has 0 N–H and O–H groups in total. The highest BCUT2D eigenvalue weighted by Crippen LogP contribution is 2.25. The number of aryl methyl sites for hydroxylation is 1. The number of hydrogen-bond acceptors (Lipinski definition) is 4. The highest BCUT2D eigenvalue weighted by atomic mass is 35.5. The summed E-state index contributed by atoms with van der Waals surface area (Å²) in [6.07, 6.45) is 1.13. The number of anilines is 2.